The number of rotatable bonds is 1. The first kappa shape index (κ1) is 7.53. The smallest absolute Gasteiger partial charge is 0.353 e. The van der Waals surface area contributed by atoms with E-state index >= 15 is 0 Å². The van der Waals surface area contributed by atoms with Crippen molar-refractivity contribution in [3.8, 4) is 6.01 Å². The second kappa shape index (κ2) is 2.44. The number of aromatic amines is 2. The van der Waals surface area contributed by atoms with Crippen molar-refractivity contribution in [2.75, 3.05) is 7.11 Å². The van der Waals surface area contributed by atoms with Gasteiger partial charge in [0.1, 0.15) is 0 Å². The molecule has 68 valence electrons. The van der Waals surface area contributed by atoms with Crippen molar-refractivity contribution < 1.29 is 4.74 Å². The van der Waals surface area contributed by atoms with E-state index in [0.717, 1.165) is 4.52 Å². The van der Waals surface area contributed by atoms with Crippen LogP contribution >= 0.6 is 0 Å². The average Bonchev–Trinajstić information content (AvgIpc) is 2.47. The van der Waals surface area contributed by atoms with Gasteiger partial charge in [0.05, 0.1) is 7.11 Å². The third-order valence-electron chi connectivity index (χ3n) is 1.41. The Bertz CT molecular complexity index is 549. The number of aromatic nitrogens is 5. The maximum absolute atomic E-state index is 11.1. The minimum atomic E-state index is -0.658. The van der Waals surface area contributed by atoms with Crippen LogP contribution in [0.15, 0.2) is 9.59 Å². The summed E-state index contributed by atoms with van der Waals surface area (Å²) in [4.78, 5) is 29.8. The molecule has 2 aromatic heterocycles. The highest BCUT2D eigenvalue weighted by Gasteiger charge is 2.06. The fourth-order valence-corrected chi connectivity index (χ4v) is 0.885. The highest BCUT2D eigenvalue weighted by molar-refractivity contribution is 5.25. The molecule has 2 rings (SSSR count). The molecule has 0 amide bonds. The molecule has 2 N–H and O–H groups in total. The van der Waals surface area contributed by atoms with Crippen LogP contribution < -0.4 is 16.1 Å². The Balaban J connectivity index is 2.91. The molecule has 0 spiro atoms. The van der Waals surface area contributed by atoms with E-state index in [2.05, 4.69) is 19.8 Å². The van der Waals surface area contributed by atoms with Crippen molar-refractivity contribution in [1.82, 2.24) is 24.6 Å². The molecule has 2 heterocycles. The summed E-state index contributed by atoms with van der Waals surface area (Å²) in [6, 6.07) is 0.0207. The van der Waals surface area contributed by atoms with Gasteiger partial charge in [0.15, 0.2) is 0 Å². The molecule has 0 radical (unpaired) electrons. The zero-order valence-corrected chi connectivity index (χ0v) is 6.57. The van der Waals surface area contributed by atoms with E-state index in [1.165, 1.54) is 7.11 Å². The summed E-state index contributed by atoms with van der Waals surface area (Å²) in [6.07, 6.45) is 0. The van der Waals surface area contributed by atoms with Gasteiger partial charge in [-0.1, -0.05) is 0 Å². The number of methoxy groups -OCH3 is 1. The third kappa shape index (κ3) is 1.08. The quantitative estimate of drug-likeness (QED) is 0.538. The van der Waals surface area contributed by atoms with Crippen LogP contribution in [0.4, 0.5) is 0 Å². The lowest BCUT2D eigenvalue weighted by Crippen LogP contribution is -2.28. The maximum atomic E-state index is 11.1. The van der Waals surface area contributed by atoms with Crippen LogP contribution in [-0.4, -0.2) is 31.7 Å². The molecule has 0 unspecified atom stereocenters. The Morgan fingerprint density at radius 2 is 2.15 bits per heavy atom. The number of H-pyrrole nitrogens is 2. The van der Waals surface area contributed by atoms with Crippen LogP contribution in [0.25, 0.3) is 5.78 Å². The van der Waals surface area contributed by atoms with Crippen LogP contribution in [0.2, 0.25) is 0 Å². The summed E-state index contributed by atoms with van der Waals surface area (Å²) in [5.74, 6) is 0.0469. The van der Waals surface area contributed by atoms with Crippen LogP contribution in [0.3, 0.4) is 0 Å². The predicted octanol–water partition coefficient (Wildman–Crippen LogP) is -1.89. The third-order valence-corrected chi connectivity index (χ3v) is 1.41. The zero-order valence-electron chi connectivity index (χ0n) is 6.57. The first-order valence-corrected chi connectivity index (χ1v) is 3.34. The van der Waals surface area contributed by atoms with Crippen LogP contribution in [0, 0.1) is 0 Å². The van der Waals surface area contributed by atoms with Crippen molar-refractivity contribution in [3.63, 3.8) is 0 Å². The Kier molecular flexibility index (Phi) is 1.41. The predicted molar refractivity (Wildman–Crippen MR) is 40.8 cm³/mol. The largest absolute Gasteiger partial charge is 0.466 e. The van der Waals surface area contributed by atoms with E-state index in [1.807, 2.05) is 4.98 Å². The number of hydrogen-bond acceptors (Lipinski definition) is 5. The molecule has 2 aromatic rings. The van der Waals surface area contributed by atoms with E-state index in [-0.39, 0.29) is 11.8 Å². The van der Waals surface area contributed by atoms with Gasteiger partial charge in [-0.05, 0) is 0 Å². The Labute approximate surface area is 70.2 Å². The fourth-order valence-electron chi connectivity index (χ4n) is 0.885. The van der Waals surface area contributed by atoms with Gasteiger partial charge < -0.3 is 4.74 Å². The van der Waals surface area contributed by atoms with Crippen molar-refractivity contribution in [1.29, 1.82) is 0 Å². The molecule has 0 atom stereocenters. The Morgan fingerprint density at radius 3 is 2.85 bits per heavy atom. The molecule has 8 nitrogen and oxygen atoms in total. The summed E-state index contributed by atoms with van der Waals surface area (Å²) >= 11 is 0. The van der Waals surface area contributed by atoms with Gasteiger partial charge in [-0.2, -0.15) is 4.98 Å². The summed E-state index contributed by atoms with van der Waals surface area (Å²) in [5.41, 5.74) is -1.29. The van der Waals surface area contributed by atoms with Crippen LogP contribution in [-0.2, 0) is 0 Å². The second-order valence-corrected chi connectivity index (χ2v) is 2.22. The van der Waals surface area contributed by atoms with E-state index in [0.29, 0.717) is 0 Å². The van der Waals surface area contributed by atoms with Gasteiger partial charge in [0, 0.05) is 0 Å². The molecule has 0 bridgehead atoms. The molecule has 0 aromatic carbocycles. The summed E-state index contributed by atoms with van der Waals surface area (Å²) < 4.78 is 5.58. The van der Waals surface area contributed by atoms with Crippen molar-refractivity contribution in [2.45, 2.75) is 0 Å². The van der Waals surface area contributed by atoms with Gasteiger partial charge in [0.25, 0.3) is 0 Å². The molecule has 13 heavy (non-hydrogen) atoms. The summed E-state index contributed by atoms with van der Waals surface area (Å²) in [7, 11) is 1.36. The molecule has 0 aliphatic carbocycles. The SMILES string of the molecule is COc1nc2[nH]c(=O)[nH]c(=O)n2n1. The first-order chi connectivity index (χ1) is 6.20. The molecule has 8 heteroatoms. The normalized spacial score (nSPS) is 10.5. The minimum Gasteiger partial charge on any atom is -0.466 e. The molecular formula is C5H5N5O3. The molecule has 0 aliphatic rings. The van der Waals surface area contributed by atoms with Gasteiger partial charge in [-0.25, -0.2) is 9.59 Å². The number of nitrogens with zero attached hydrogens (tertiary/aromatic N) is 3. The fraction of sp³-hybridized carbons (Fsp3) is 0.200. The summed E-state index contributed by atoms with van der Waals surface area (Å²) in [6.45, 7) is 0. The lowest BCUT2D eigenvalue weighted by Gasteiger charge is -1.85. The topological polar surface area (TPSA) is 105 Å². The number of ether oxygens (including phenoxy) is 1. The van der Waals surface area contributed by atoms with Gasteiger partial charge in [-0.3, -0.25) is 9.97 Å². The van der Waals surface area contributed by atoms with Gasteiger partial charge in [0.2, 0.25) is 5.78 Å². The molecule has 0 aliphatic heterocycles. The minimum absolute atomic E-state index is 0.0207. The van der Waals surface area contributed by atoms with Gasteiger partial charge >= 0.3 is 17.4 Å². The van der Waals surface area contributed by atoms with E-state index in [9.17, 15) is 9.59 Å². The van der Waals surface area contributed by atoms with Crippen molar-refractivity contribution >= 4 is 5.78 Å². The zero-order chi connectivity index (χ0) is 9.42. The Hall–Kier alpha value is -2.12. The van der Waals surface area contributed by atoms with Crippen LogP contribution in [0.5, 0.6) is 6.01 Å². The molecule has 0 saturated carbocycles. The summed E-state index contributed by atoms with van der Waals surface area (Å²) in [5, 5.41) is 3.64. The highest BCUT2D eigenvalue weighted by atomic mass is 16.5. The number of nitrogens with one attached hydrogen (secondary N) is 2. The van der Waals surface area contributed by atoms with Gasteiger partial charge in [-0.15, -0.1) is 9.61 Å². The highest BCUT2D eigenvalue weighted by Crippen LogP contribution is 1.98. The molecular weight excluding hydrogens is 178 g/mol. The lowest BCUT2D eigenvalue weighted by atomic mass is 11.0. The van der Waals surface area contributed by atoms with Crippen molar-refractivity contribution in [3.05, 3.63) is 21.0 Å². The number of fused-ring (bicyclic) bond motifs is 1. The number of hydrogen-bond donors (Lipinski definition) is 2. The second-order valence-electron chi connectivity index (χ2n) is 2.22. The van der Waals surface area contributed by atoms with Crippen molar-refractivity contribution in [2.24, 2.45) is 0 Å². The van der Waals surface area contributed by atoms with E-state index < -0.39 is 11.4 Å². The molecule has 0 saturated heterocycles. The van der Waals surface area contributed by atoms with E-state index in [1.54, 1.807) is 0 Å². The maximum Gasteiger partial charge on any atom is 0.353 e. The molecule has 0 fully saturated rings. The van der Waals surface area contributed by atoms with E-state index in [4.69, 9.17) is 0 Å². The lowest BCUT2D eigenvalue weighted by molar-refractivity contribution is 0.380. The Morgan fingerprint density at radius 1 is 1.38 bits per heavy atom. The first-order valence-electron chi connectivity index (χ1n) is 3.34. The standard InChI is InChI=1S/C5H5N5O3/c1-13-4-7-2-6-3(11)8-5(12)10(2)9-4/h1H3,(H2,6,7,8,9,11,12). The van der Waals surface area contributed by atoms with Crippen LogP contribution in [0.1, 0.15) is 0 Å². The average molecular weight is 183 g/mol. The monoisotopic (exact) mass is 183 g/mol.